The van der Waals surface area contributed by atoms with E-state index in [0.717, 1.165) is 17.0 Å². The summed E-state index contributed by atoms with van der Waals surface area (Å²) >= 11 is 6.08. The summed E-state index contributed by atoms with van der Waals surface area (Å²) in [5.41, 5.74) is 1.80. The van der Waals surface area contributed by atoms with Crippen molar-refractivity contribution < 1.29 is 5.11 Å². The maximum absolute atomic E-state index is 10.3. The van der Waals surface area contributed by atoms with Crippen LogP contribution >= 0.6 is 11.6 Å². The quantitative estimate of drug-likeness (QED) is 0.936. The molecule has 2 rings (SSSR count). The predicted molar refractivity (Wildman–Crippen MR) is 75.3 cm³/mol. The molecule has 0 aliphatic heterocycles. The van der Waals surface area contributed by atoms with Crippen molar-refractivity contribution >= 4 is 11.6 Å². The van der Waals surface area contributed by atoms with Gasteiger partial charge in [-0.3, -0.25) is 0 Å². The minimum Gasteiger partial charge on any atom is -0.388 e. The van der Waals surface area contributed by atoms with Crippen LogP contribution in [0, 0.1) is 6.92 Å². The lowest BCUT2D eigenvalue weighted by molar-refractivity contribution is 0.173. The standard InChI is InChI=1S/C14H18ClN3O/c1-9(2)18-14(16-8-17-18)7-13(19)11-5-4-10(3)12(15)6-11/h4-6,8-9,13,19H,7H2,1-3H3. The van der Waals surface area contributed by atoms with Crippen LogP contribution in [0.2, 0.25) is 5.02 Å². The molecule has 1 unspecified atom stereocenters. The summed E-state index contributed by atoms with van der Waals surface area (Å²) < 4.78 is 1.82. The maximum atomic E-state index is 10.3. The van der Waals surface area contributed by atoms with Gasteiger partial charge >= 0.3 is 0 Å². The van der Waals surface area contributed by atoms with Crippen molar-refractivity contribution in [3.8, 4) is 0 Å². The lowest BCUT2D eigenvalue weighted by Crippen LogP contribution is -2.12. The Morgan fingerprint density at radius 1 is 1.37 bits per heavy atom. The van der Waals surface area contributed by atoms with Crippen molar-refractivity contribution in [2.45, 2.75) is 39.3 Å². The van der Waals surface area contributed by atoms with Crippen LogP contribution < -0.4 is 0 Å². The van der Waals surface area contributed by atoms with Gasteiger partial charge in [0.05, 0.1) is 6.10 Å². The summed E-state index contributed by atoms with van der Waals surface area (Å²) in [7, 11) is 0. The number of aryl methyl sites for hydroxylation is 1. The van der Waals surface area contributed by atoms with Crippen LogP contribution in [-0.4, -0.2) is 19.9 Å². The van der Waals surface area contributed by atoms with Crippen molar-refractivity contribution in [2.75, 3.05) is 0 Å². The summed E-state index contributed by atoms with van der Waals surface area (Å²) in [5.74, 6) is 0.777. The molecule has 0 saturated heterocycles. The molecule has 4 nitrogen and oxygen atoms in total. The second-order valence-electron chi connectivity index (χ2n) is 4.94. The van der Waals surface area contributed by atoms with Crippen LogP contribution in [0.15, 0.2) is 24.5 Å². The van der Waals surface area contributed by atoms with E-state index in [2.05, 4.69) is 10.1 Å². The second kappa shape index (κ2) is 5.72. The van der Waals surface area contributed by atoms with Gasteiger partial charge in [0.1, 0.15) is 12.2 Å². The first-order valence-electron chi connectivity index (χ1n) is 6.31. The summed E-state index contributed by atoms with van der Waals surface area (Å²) in [6.07, 6.45) is 1.32. The molecular weight excluding hydrogens is 262 g/mol. The molecule has 1 heterocycles. The number of aromatic nitrogens is 3. The smallest absolute Gasteiger partial charge is 0.138 e. The number of halogens is 1. The Kier molecular flexibility index (Phi) is 4.22. The number of aliphatic hydroxyl groups excluding tert-OH is 1. The number of aliphatic hydroxyl groups is 1. The van der Waals surface area contributed by atoms with Gasteiger partial charge in [-0.1, -0.05) is 23.7 Å². The van der Waals surface area contributed by atoms with Crippen LogP contribution in [0.5, 0.6) is 0 Å². The Morgan fingerprint density at radius 2 is 2.11 bits per heavy atom. The molecule has 0 fully saturated rings. The van der Waals surface area contributed by atoms with Gasteiger partial charge in [0.2, 0.25) is 0 Å². The molecule has 0 bridgehead atoms. The van der Waals surface area contributed by atoms with E-state index in [4.69, 9.17) is 11.6 Å². The zero-order valence-corrected chi connectivity index (χ0v) is 12.1. The van der Waals surface area contributed by atoms with Crippen LogP contribution in [0.1, 0.15) is 42.9 Å². The average Bonchev–Trinajstić information content (AvgIpc) is 2.80. The number of nitrogens with zero attached hydrogens (tertiary/aromatic N) is 3. The number of rotatable bonds is 4. The minimum absolute atomic E-state index is 0.228. The Labute approximate surface area is 118 Å². The van der Waals surface area contributed by atoms with Crippen LogP contribution in [0.3, 0.4) is 0 Å². The van der Waals surface area contributed by atoms with Crippen molar-refractivity contribution in [3.63, 3.8) is 0 Å². The topological polar surface area (TPSA) is 50.9 Å². The van der Waals surface area contributed by atoms with Crippen molar-refractivity contribution in [3.05, 3.63) is 46.5 Å². The SMILES string of the molecule is Cc1ccc(C(O)Cc2ncnn2C(C)C)cc1Cl. The van der Waals surface area contributed by atoms with E-state index >= 15 is 0 Å². The Morgan fingerprint density at radius 3 is 2.74 bits per heavy atom. The highest BCUT2D eigenvalue weighted by Crippen LogP contribution is 2.23. The molecule has 1 N–H and O–H groups in total. The third kappa shape index (κ3) is 3.14. The highest BCUT2D eigenvalue weighted by atomic mass is 35.5. The fourth-order valence-electron chi connectivity index (χ4n) is 1.96. The molecule has 102 valence electrons. The van der Waals surface area contributed by atoms with Gasteiger partial charge in [0.15, 0.2) is 0 Å². The summed E-state index contributed by atoms with van der Waals surface area (Å²) in [6.45, 7) is 6.01. The molecule has 0 radical (unpaired) electrons. The maximum Gasteiger partial charge on any atom is 0.138 e. The van der Waals surface area contributed by atoms with E-state index in [1.165, 1.54) is 6.33 Å². The largest absolute Gasteiger partial charge is 0.388 e. The highest BCUT2D eigenvalue weighted by Gasteiger charge is 2.15. The third-order valence-electron chi connectivity index (χ3n) is 3.09. The van der Waals surface area contributed by atoms with Gasteiger partial charge in [-0.15, -0.1) is 0 Å². The lowest BCUT2D eigenvalue weighted by atomic mass is 10.0. The molecule has 0 amide bonds. The van der Waals surface area contributed by atoms with Crippen LogP contribution in [-0.2, 0) is 6.42 Å². The normalized spacial score (nSPS) is 12.9. The van der Waals surface area contributed by atoms with Crippen LogP contribution in [0.25, 0.3) is 0 Å². The fraction of sp³-hybridized carbons (Fsp3) is 0.429. The first kappa shape index (κ1) is 14.0. The van der Waals surface area contributed by atoms with Gasteiger partial charge in [-0.2, -0.15) is 5.10 Å². The third-order valence-corrected chi connectivity index (χ3v) is 3.50. The molecule has 19 heavy (non-hydrogen) atoms. The summed E-state index contributed by atoms with van der Waals surface area (Å²) in [4.78, 5) is 4.20. The molecule has 5 heteroatoms. The Bertz CT molecular complexity index is 566. The molecule has 0 aliphatic carbocycles. The van der Waals surface area contributed by atoms with Gasteiger partial charge in [0, 0.05) is 17.5 Å². The minimum atomic E-state index is -0.625. The van der Waals surface area contributed by atoms with E-state index < -0.39 is 6.10 Å². The van der Waals surface area contributed by atoms with Gasteiger partial charge in [-0.25, -0.2) is 9.67 Å². The summed E-state index contributed by atoms with van der Waals surface area (Å²) in [5, 5.41) is 15.1. The fourth-order valence-corrected chi connectivity index (χ4v) is 2.15. The zero-order chi connectivity index (χ0) is 14.0. The monoisotopic (exact) mass is 279 g/mol. The average molecular weight is 280 g/mol. The molecule has 1 aromatic heterocycles. The van der Waals surface area contributed by atoms with Crippen molar-refractivity contribution in [1.29, 1.82) is 0 Å². The number of hydrogen-bond donors (Lipinski definition) is 1. The van der Waals surface area contributed by atoms with E-state index in [0.29, 0.717) is 11.4 Å². The molecule has 0 aliphatic rings. The first-order chi connectivity index (χ1) is 8.99. The number of hydrogen-bond acceptors (Lipinski definition) is 3. The van der Waals surface area contributed by atoms with E-state index in [9.17, 15) is 5.11 Å². The molecule has 2 aromatic rings. The van der Waals surface area contributed by atoms with E-state index in [1.807, 2.05) is 37.6 Å². The lowest BCUT2D eigenvalue weighted by Gasteiger charge is -2.14. The molecule has 1 aromatic carbocycles. The highest BCUT2D eigenvalue weighted by molar-refractivity contribution is 6.31. The van der Waals surface area contributed by atoms with Crippen LogP contribution in [0.4, 0.5) is 0 Å². The van der Waals surface area contributed by atoms with Crippen molar-refractivity contribution in [1.82, 2.24) is 14.8 Å². The molecule has 0 spiro atoms. The van der Waals surface area contributed by atoms with Gasteiger partial charge < -0.3 is 5.11 Å². The molecule has 1 atom stereocenters. The molecular formula is C14H18ClN3O. The molecule has 0 saturated carbocycles. The first-order valence-corrected chi connectivity index (χ1v) is 6.69. The Balaban J connectivity index is 2.18. The van der Waals surface area contributed by atoms with Gasteiger partial charge in [-0.05, 0) is 38.0 Å². The van der Waals surface area contributed by atoms with E-state index in [-0.39, 0.29) is 6.04 Å². The second-order valence-corrected chi connectivity index (χ2v) is 5.35. The predicted octanol–water partition coefficient (Wildman–Crippen LogP) is 3.10. The van der Waals surface area contributed by atoms with Gasteiger partial charge in [0.25, 0.3) is 0 Å². The Hall–Kier alpha value is -1.39. The summed E-state index contributed by atoms with van der Waals surface area (Å²) in [6, 6.07) is 5.83. The van der Waals surface area contributed by atoms with Crippen molar-refractivity contribution in [2.24, 2.45) is 0 Å². The zero-order valence-electron chi connectivity index (χ0n) is 11.3. The van der Waals surface area contributed by atoms with E-state index in [1.54, 1.807) is 6.07 Å². The number of benzene rings is 1.